The number of anilines is 1. The van der Waals surface area contributed by atoms with Crippen molar-refractivity contribution in [2.45, 2.75) is 13.0 Å². The fourth-order valence-electron chi connectivity index (χ4n) is 2.64. The van der Waals surface area contributed by atoms with Crippen LogP contribution in [0.2, 0.25) is 0 Å². The SMILES string of the molecule is CC#Cc1ccc(OCC(N)c2ccccc2)nc1C(=O)c1cccnc1N. The molecule has 0 aliphatic carbocycles. The van der Waals surface area contributed by atoms with Crippen molar-refractivity contribution in [2.75, 3.05) is 12.3 Å². The van der Waals surface area contributed by atoms with Gasteiger partial charge in [0.2, 0.25) is 11.7 Å². The van der Waals surface area contributed by atoms with Gasteiger partial charge < -0.3 is 16.2 Å². The fraction of sp³-hybridized carbons (Fsp3) is 0.136. The number of ketones is 1. The quantitative estimate of drug-likeness (QED) is 0.509. The van der Waals surface area contributed by atoms with E-state index in [-0.39, 0.29) is 35.5 Å². The molecule has 0 radical (unpaired) electrons. The highest BCUT2D eigenvalue weighted by Crippen LogP contribution is 2.20. The van der Waals surface area contributed by atoms with E-state index in [0.29, 0.717) is 11.4 Å². The molecule has 6 nitrogen and oxygen atoms in total. The standard InChI is InChI=1S/C22H20N4O2/c1-2-7-16-11-12-19(28-14-18(23)15-8-4-3-5-9-15)26-20(16)21(27)17-10-6-13-25-22(17)24/h3-6,8-13,18H,14,23H2,1H3,(H2,24,25). The second kappa shape index (κ2) is 8.80. The Morgan fingerprint density at radius 1 is 1.14 bits per heavy atom. The van der Waals surface area contributed by atoms with Gasteiger partial charge in [0.15, 0.2) is 0 Å². The third-order valence-electron chi connectivity index (χ3n) is 4.07. The highest BCUT2D eigenvalue weighted by atomic mass is 16.5. The molecule has 1 aromatic carbocycles. The topological polar surface area (TPSA) is 104 Å². The van der Waals surface area contributed by atoms with Crippen LogP contribution in [0.3, 0.4) is 0 Å². The number of rotatable bonds is 6. The number of nitrogen functional groups attached to an aromatic ring is 1. The number of carbonyl (C=O) groups excluding carboxylic acids is 1. The van der Waals surface area contributed by atoms with Crippen molar-refractivity contribution in [1.29, 1.82) is 0 Å². The summed E-state index contributed by atoms with van der Waals surface area (Å²) in [5, 5.41) is 0. The van der Waals surface area contributed by atoms with E-state index in [0.717, 1.165) is 5.56 Å². The first kappa shape index (κ1) is 19.1. The lowest BCUT2D eigenvalue weighted by Crippen LogP contribution is -2.19. The molecule has 28 heavy (non-hydrogen) atoms. The van der Waals surface area contributed by atoms with Crippen LogP contribution < -0.4 is 16.2 Å². The number of benzene rings is 1. The molecule has 0 aliphatic rings. The van der Waals surface area contributed by atoms with Gasteiger partial charge >= 0.3 is 0 Å². The molecule has 2 aromatic heterocycles. The second-order valence-corrected chi connectivity index (χ2v) is 6.01. The number of pyridine rings is 2. The molecule has 3 aromatic rings. The maximum absolute atomic E-state index is 12.9. The molecule has 6 heteroatoms. The predicted molar refractivity (Wildman–Crippen MR) is 108 cm³/mol. The third-order valence-corrected chi connectivity index (χ3v) is 4.07. The van der Waals surface area contributed by atoms with E-state index in [1.165, 1.54) is 6.20 Å². The molecular formula is C22H20N4O2. The number of aromatic nitrogens is 2. The first-order valence-electron chi connectivity index (χ1n) is 8.72. The van der Waals surface area contributed by atoms with E-state index in [9.17, 15) is 4.79 Å². The minimum Gasteiger partial charge on any atom is -0.476 e. The maximum atomic E-state index is 12.9. The van der Waals surface area contributed by atoms with Gasteiger partial charge in [0, 0.05) is 12.3 Å². The van der Waals surface area contributed by atoms with E-state index < -0.39 is 0 Å². The van der Waals surface area contributed by atoms with E-state index in [4.69, 9.17) is 16.2 Å². The Labute approximate surface area is 163 Å². The summed E-state index contributed by atoms with van der Waals surface area (Å²) in [4.78, 5) is 21.3. The van der Waals surface area contributed by atoms with Crippen LogP contribution in [0.15, 0.2) is 60.8 Å². The van der Waals surface area contributed by atoms with Gasteiger partial charge in [-0.3, -0.25) is 4.79 Å². The average Bonchev–Trinajstić information content (AvgIpc) is 2.73. The molecule has 140 valence electrons. The van der Waals surface area contributed by atoms with Gasteiger partial charge in [-0.1, -0.05) is 36.3 Å². The number of nitrogens with two attached hydrogens (primary N) is 2. The van der Waals surface area contributed by atoms with E-state index in [1.807, 2.05) is 30.3 Å². The zero-order valence-corrected chi connectivity index (χ0v) is 15.4. The van der Waals surface area contributed by atoms with Gasteiger partial charge in [-0.15, -0.1) is 5.92 Å². The van der Waals surface area contributed by atoms with E-state index in [2.05, 4.69) is 21.8 Å². The fourth-order valence-corrected chi connectivity index (χ4v) is 2.64. The minimum atomic E-state index is -0.360. The summed E-state index contributed by atoms with van der Waals surface area (Å²) in [6.07, 6.45) is 1.52. The predicted octanol–water partition coefficient (Wildman–Crippen LogP) is 2.74. The Morgan fingerprint density at radius 3 is 2.64 bits per heavy atom. The molecule has 0 fully saturated rings. The van der Waals surface area contributed by atoms with Crippen molar-refractivity contribution in [3.8, 4) is 17.7 Å². The zero-order chi connectivity index (χ0) is 19.9. The molecule has 0 bridgehead atoms. The molecule has 2 heterocycles. The van der Waals surface area contributed by atoms with E-state index >= 15 is 0 Å². The summed E-state index contributed by atoms with van der Waals surface area (Å²) in [6.45, 7) is 1.91. The lowest BCUT2D eigenvalue weighted by atomic mass is 10.0. The van der Waals surface area contributed by atoms with Gasteiger partial charge in [-0.2, -0.15) is 0 Å². The molecule has 0 saturated heterocycles. The lowest BCUT2D eigenvalue weighted by Gasteiger charge is -2.14. The van der Waals surface area contributed by atoms with Gasteiger partial charge in [0.1, 0.15) is 18.1 Å². The number of hydrogen-bond acceptors (Lipinski definition) is 6. The molecular weight excluding hydrogens is 352 g/mol. The van der Waals surface area contributed by atoms with Gasteiger partial charge in [0.05, 0.1) is 17.2 Å². The van der Waals surface area contributed by atoms with Crippen LogP contribution in [0.5, 0.6) is 5.88 Å². The van der Waals surface area contributed by atoms with Crippen LogP contribution in [0.25, 0.3) is 0 Å². The zero-order valence-electron chi connectivity index (χ0n) is 15.4. The Morgan fingerprint density at radius 2 is 1.93 bits per heavy atom. The molecule has 0 saturated carbocycles. The van der Waals surface area contributed by atoms with Crippen molar-refractivity contribution < 1.29 is 9.53 Å². The Hall–Kier alpha value is -3.69. The number of ether oxygens (including phenoxy) is 1. The summed E-state index contributed by atoms with van der Waals surface area (Å²) in [6, 6.07) is 15.9. The summed E-state index contributed by atoms with van der Waals surface area (Å²) in [5.41, 5.74) is 13.9. The van der Waals surface area contributed by atoms with Crippen LogP contribution in [0.1, 0.15) is 40.1 Å². The summed E-state index contributed by atoms with van der Waals surface area (Å²) < 4.78 is 5.73. The average molecular weight is 372 g/mol. The molecule has 3 rings (SSSR count). The first-order chi connectivity index (χ1) is 13.6. The summed E-state index contributed by atoms with van der Waals surface area (Å²) >= 11 is 0. The lowest BCUT2D eigenvalue weighted by molar-refractivity contribution is 0.103. The molecule has 1 unspecified atom stereocenters. The Kier molecular flexibility index (Phi) is 6.00. The van der Waals surface area contributed by atoms with Crippen LogP contribution in [-0.4, -0.2) is 22.4 Å². The molecule has 1 atom stereocenters. The van der Waals surface area contributed by atoms with Crippen LogP contribution in [-0.2, 0) is 0 Å². The van der Waals surface area contributed by atoms with Crippen molar-refractivity contribution in [1.82, 2.24) is 9.97 Å². The molecule has 0 spiro atoms. The first-order valence-corrected chi connectivity index (χ1v) is 8.72. The molecule has 0 amide bonds. The highest BCUT2D eigenvalue weighted by molar-refractivity contribution is 6.11. The third kappa shape index (κ3) is 4.34. The van der Waals surface area contributed by atoms with Crippen molar-refractivity contribution in [3.05, 3.63) is 83.2 Å². The molecule has 0 aliphatic heterocycles. The van der Waals surface area contributed by atoms with Crippen molar-refractivity contribution in [3.63, 3.8) is 0 Å². The number of carbonyl (C=O) groups is 1. The van der Waals surface area contributed by atoms with Crippen LogP contribution >= 0.6 is 0 Å². The van der Waals surface area contributed by atoms with Gasteiger partial charge in [-0.25, -0.2) is 9.97 Å². The van der Waals surface area contributed by atoms with Crippen LogP contribution in [0, 0.1) is 11.8 Å². The highest BCUT2D eigenvalue weighted by Gasteiger charge is 2.19. The van der Waals surface area contributed by atoms with Gasteiger partial charge in [-0.05, 0) is 30.7 Å². The Balaban J connectivity index is 1.86. The molecule has 4 N–H and O–H groups in total. The normalized spacial score (nSPS) is 11.2. The minimum absolute atomic E-state index is 0.141. The van der Waals surface area contributed by atoms with Crippen molar-refractivity contribution >= 4 is 11.6 Å². The van der Waals surface area contributed by atoms with Crippen molar-refractivity contribution in [2.24, 2.45) is 5.73 Å². The summed E-state index contributed by atoms with van der Waals surface area (Å²) in [5.74, 6) is 5.75. The Bertz CT molecular complexity index is 1040. The smallest absolute Gasteiger partial charge is 0.216 e. The number of nitrogens with zero attached hydrogens (tertiary/aromatic N) is 2. The van der Waals surface area contributed by atoms with Gasteiger partial charge in [0.25, 0.3) is 0 Å². The second-order valence-electron chi connectivity index (χ2n) is 6.01. The largest absolute Gasteiger partial charge is 0.476 e. The van der Waals surface area contributed by atoms with E-state index in [1.54, 1.807) is 31.2 Å². The number of hydrogen-bond donors (Lipinski definition) is 2. The maximum Gasteiger partial charge on any atom is 0.216 e. The summed E-state index contributed by atoms with van der Waals surface area (Å²) in [7, 11) is 0. The monoisotopic (exact) mass is 372 g/mol. The van der Waals surface area contributed by atoms with Crippen LogP contribution in [0.4, 0.5) is 5.82 Å².